The highest BCUT2D eigenvalue weighted by Crippen LogP contribution is 1.93. The Morgan fingerprint density at radius 1 is 1.40 bits per heavy atom. The van der Waals surface area contributed by atoms with Crippen LogP contribution < -0.4 is 5.32 Å². The molecule has 5 heteroatoms. The largest absolute Gasteiger partial charge is 0.394 e. The molecule has 15 heavy (non-hydrogen) atoms. The average molecular weight is 213 g/mol. The summed E-state index contributed by atoms with van der Waals surface area (Å²) in [6.07, 6.45) is 7.02. The van der Waals surface area contributed by atoms with Gasteiger partial charge in [-0.05, 0) is 19.4 Å². The van der Waals surface area contributed by atoms with Crippen LogP contribution in [0.25, 0.3) is 0 Å². The molecule has 86 valence electrons. The molecule has 1 aromatic rings. The molecular weight excluding hydrogens is 194 g/mol. The zero-order valence-corrected chi connectivity index (χ0v) is 8.84. The summed E-state index contributed by atoms with van der Waals surface area (Å²) in [5.41, 5.74) is 0. The van der Waals surface area contributed by atoms with E-state index in [4.69, 9.17) is 10.2 Å². The maximum Gasteiger partial charge on any atom is 0.0945 e. The first-order valence-corrected chi connectivity index (χ1v) is 5.28. The highest BCUT2D eigenvalue weighted by molar-refractivity contribution is 4.73. The Bertz CT molecular complexity index is 239. The van der Waals surface area contributed by atoms with Crippen LogP contribution in [0.4, 0.5) is 0 Å². The van der Waals surface area contributed by atoms with Crippen LogP contribution in [-0.2, 0) is 6.54 Å². The van der Waals surface area contributed by atoms with Crippen molar-refractivity contribution in [3.05, 3.63) is 18.7 Å². The Morgan fingerprint density at radius 2 is 2.27 bits per heavy atom. The molecule has 0 aliphatic rings. The molecule has 0 saturated heterocycles. The number of aliphatic hydroxyl groups excluding tert-OH is 2. The summed E-state index contributed by atoms with van der Waals surface area (Å²) in [4.78, 5) is 3.96. The number of hydrogen-bond acceptors (Lipinski definition) is 4. The average Bonchev–Trinajstić information content (AvgIpc) is 2.75. The smallest absolute Gasteiger partial charge is 0.0945 e. The lowest BCUT2D eigenvalue weighted by Gasteiger charge is -2.08. The number of hydrogen-bond donors (Lipinski definition) is 3. The second-order valence-electron chi connectivity index (χ2n) is 3.55. The van der Waals surface area contributed by atoms with Gasteiger partial charge in [0.25, 0.3) is 0 Å². The van der Waals surface area contributed by atoms with E-state index in [-0.39, 0.29) is 6.61 Å². The molecule has 0 aliphatic heterocycles. The van der Waals surface area contributed by atoms with Gasteiger partial charge in [0.2, 0.25) is 0 Å². The first kappa shape index (κ1) is 12.2. The van der Waals surface area contributed by atoms with Gasteiger partial charge in [-0.3, -0.25) is 0 Å². The van der Waals surface area contributed by atoms with Crippen LogP contribution in [-0.4, -0.2) is 45.6 Å². The van der Waals surface area contributed by atoms with Crippen LogP contribution in [0.2, 0.25) is 0 Å². The number of rotatable bonds is 8. The summed E-state index contributed by atoms with van der Waals surface area (Å²) in [6, 6.07) is 0. The minimum absolute atomic E-state index is 0.179. The standard InChI is InChI=1S/C10H19N3O2/c14-8-10(15)7-11-3-1-2-5-13-6-4-12-9-13/h4,6,9-11,14-15H,1-3,5,7-8H2. The Labute approximate surface area is 89.8 Å². The lowest BCUT2D eigenvalue weighted by Crippen LogP contribution is -2.30. The van der Waals surface area contributed by atoms with Gasteiger partial charge in [-0.2, -0.15) is 0 Å². The maximum atomic E-state index is 9.04. The molecule has 1 aromatic heterocycles. The second-order valence-corrected chi connectivity index (χ2v) is 3.55. The molecule has 5 nitrogen and oxygen atoms in total. The zero-order valence-electron chi connectivity index (χ0n) is 8.84. The van der Waals surface area contributed by atoms with Gasteiger partial charge in [-0.15, -0.1) is 0 Å². The van der Waals surface area contributed by atoms with Gasteiger partial charge in [0.15, 0.2) is 0 Å². The van der Waals surface area contributed by atoms with Gasteiger partial charge in [0.05, 0.1) is 19.0 Å². The van der Waals surface area contributed by atoms with E-state index in [1.54, 1.807) is 6.20 Å². The normalized spacial score (nSPS) is 12.9. The molecule has 0 aliphatic carbocycles. The highest BCUT2D eigenvalue weighted by Gasteiger charge is 1.99. The zero-order chi connectivity index (χ0) is 10.9. The van der Waals surface area contributed by atoms with Crippen molar-refractivity contribution in [2.75, 3.05) is 19.7 Å². The molecule has 0 bridgehead atoms. The lowest BCUT2D eigenvalue weighted by atomic mass is 10.3. The summed E-state index contributed by atoms with van der Waals surface area (Å²) in [5, 5.41) is 20.7. The number of aliphatic hydroxyl groups is 2. The minimum Gasteiger partial charge on any atom is -0.394 e. The van der Waals surface area contributed by atoms with E-state index in [9.17, 15) is 0 Å². The fourth-order valence-electron chi connectivity index (χ4n) is 1.30. The topological polar surface area (TPSA) is 70.3 Å². The second kappa shape index (κ2) is 7.39. The summed E-state index contributed by atoms with van der Waals surface area (Å²) in [6.45, 7) is 2.12. The van der Waals surface area contributed by atoms with Gasteiger partial charge in [0.1, 0.15) is 0 Å². The van der Waals surface area contributed by atoms with Gasteiger partial charge in [-0.25, -0.2) is 4.98 Å². The van der Waals surface area contributed by atoms with Crippen LogP contribution in [0.1, 0.15) is 12.8 Å². The van der Waals surface area contributed by atoms with Crippen molar-refractivity contribution in [3.63, 3.8) is 0 Å². The molecular formula is C10H19N3O2. The van der Waals surface area contributed by atoms with Crippen molar-refractivity contribution in [2.24, 2.45) is 0 Å². The molecule has 0 aromatic carbocycles. The fraction of sp³-hybridized carbons (Fsp3) is 0.700. The van der Waals surface area contributed by atoms with Crippen LogP contribution in [0.5, 0.6) is 0 Å². The quantitative estimate of drug-likeness (QED) is 0.514. The van der Waals surface area contributed by atoms with E-state index >= 15 is 0 Å². The number of nitrogens with one attached hydrogen (secondary N) is 1. The van der Waals surface area contributed by atoms with Crippen molar-refractivity contribution in [3.8, 4) is 0 Å². The molecule has 0 fully saturated rings. The first-order valence-electron chi connectivity index (χ1n) is 5.28. The Morgan fingerprint density at radius 3 is 2.93 bits per heavy atom. The van der Waals surface area contributed by atoms with Crippen molar-refractivity contribution in [1.82, 2.24) is 14.9 Å². The third-order valence-corrected chi connectivity index (χ3v) is 2.17. The van der Waals surface area contributed by atoms with Gasteiger partial charge >= 0.3 is 0 Å². The van der Waals surface area contributed by atoms with Crippen LogP contribution in [0, 0.1) is 0 Å². The molecule has 1 unspecified atom stereocenters. The van der Waals surface area contributed by atoms with Crippen molar-refractivity contribution in [1.29, 1.82) is 0 Å². The minimum atomic E-state index is -0.640. The van der Waals surface area contributed by atoms with Crippen molar-refractivity contribution < 1.29 is 10.2 Å². The highest BCUT2D eigenvalue weighted by atomic mass is 16.3. The van der Waals surface area contributed by atoms with E-state index in [1.807, 2.05) is 17.1 Å². The van der Waals surface area contributed by atoms with E-state index in [1.165, 1.54) is 0 Å². The monoisotopic (exact) mass is 213 g/mol. The molecule has 0 amide bonds. The van der Waals surface area contributed by atoms with E-state index < -0.39 is 6.10 Å². The predicted octanol–water partition coefficient (Wildman–Crippen LogP) is -0.394. The molecule has 0 radical (unpaired) electrons. The van der Waals surface area contributed by atoms with E-state index in [2.05, 4.69) is 10.3 Å². The summed E-state index contributed by atoms with van der Waals surface area (Å²) < 4.78 is 2.04. The Hall–Kier alpha value is -0.910. The fourth-order valence-corrected chi connectivity index (χ4v) is 1.30. The van der Waals surface area contributed by atoms with Gasteiger partial charge in [-0.1, -0.05) is 0 Å². The van der Waals surface area contributed by atoms with Crippen LogP contribution in [0.3, 0.4) is 0 Å². The summed E-state index contributed by atoms with van der Waals surface area (Å²) in [7, 11) is 0. The molecule has 3 N–H and O–H groups in total. The number of imidazole rings is 1. The van der Waals surface area contributed by atoms with Gasteiger partial charge < -0.3 is 20.1 Å². The number of aromatic nitrogens is 2. The molecule has 1 rings (SSSR count). The first-order chi connectivity index (χ1) is 7.33. The Kier molecular flexibility index (Phi) is 5.99. The van der Waals surface area contributed by atoms with E-state index in [0.29, 0.717) is 6.54 Å². The van der Waals surface area contributed by atoms with Crippen LogP contribution in [0.15, 0.2) is 18.7 Å². The van der Waals surface area contributed by atoms with Crippen molar-refractivity contribution >= 4 is 0 Å². The molecule has 1 heterocycles. The molecule has 1 atom stereocenters. The summed E-state index contributed by atoms with van der Waals surface area (Å²) >= 11 is 0. The summed E-state index contributed by atoms with van der Waals surface area (Å²) in [5.74, 6) is 0. The third-order valence-electron chi connectivity index (χ3n) is 2.17. The SMILES string of the molecule is OCC(O)CNCCCCn1ccnc1. The maximum absolute atomic E-state index is 9.04. The number of unbranched alkanes of at least 4 members (excludes halogenated alkanes) is 1. The predicted molar refractivity (Wildman–Crippen MR) is 57.4 cm³/mol. The molecule has 0 saturated carbocycles. The Balaban J connectivity index is 1.89. The molecule has 0 spiro atoms. The van der Waals surface area contributed by atoms with Gasteiger partial charge in [0, 0.05) is 25.5 Å². The third kappa shape index (κ3) is 5.51. The van der Waals surface area contributed by atoms with E-state index in [0.717, 1.165) is 25.9 Å². The lowest BCUT2D eigenvalue weighted by molar-refractivity contribution is 0.0945. The number of nitrogens with zero attached hydrogens (tertiary/aromatic N) is 2. The van der Waals surface area contributed by atoms with Crippen molar-refractivity contribution in [2.45, 2.75) is 25.5 Å². The number of aryl methyl sites for hydroxylation is 1. The van der Waals surface area contributed by atoms with Crippen LogP contribution >= 0.6 is 0 Å².